The fourth-order valence-electron chi connectivity index (χ4n) is 7.90. The lowest BCUT2D eigenvalue weighted by Gasteiger charge is -2.74. The van der Waals surface area contributed by atoms with Crippen molar-refractivity contribution in [2.24, 2.45) is 34.0 Å². The molecule has 6 heteroatoms. The molecule has 4 N–H and O–H groups in total. The van der Waals surface area contributed by atoms with E-state index in [4.69, 9.17) is 4.74 Å². The van der Waals surface area contributed by atoms with Crippen molar-refractivity contribution in [3.63, 3.8) is 0 Å². The summed E-state index contributed by atoms with van der Waals surface area (Å²) in [7, 11) is 0. The van der Waals surface area contributed by atoms with Gasteiger partial charge in [-0.25, -0.2) is 0 Å². The number of fused-ring (bicyclic) bond motifs is 2. The highest BCUT2D eigenvalue weighted by Gasteiger charge is 2.86. The van der Waals surface area contributed by atoms with Crippen LogP contribution in [0.4, 0.5) is 0 Å². The van der Waals surface area contributed by atoms with Gasteiger partial charge in [-0.05, 0) is 42.6 Å². The zero-order chi connectivity index (χ0) is 18.9. The molecule has 4 aliphatic carbocycles. The van der Waals surface area contributed by atoms with Crippen LogP contribution in [0.15, 0.2) is 12.2 Å². The first-order valence-electron chi connectivity index (χ1n) is 9.71. The van der Waals surface area contributed by atoms with E-state index in [-0.39, 0.29) is 12.0 Å². The van der Waals surface area contributed by atoms with Crippen molar-refractivity contribution >= 4 is 5.78 Å². The number of aliphatic hydroxyl groups is 4. The zero-order valence-electron chi connectivity index (χ0n) is 15.3. The van der Waals surface area contributed by atoms with Gasteiger partial charge >= 0.3 is 0 Å². The smallest absolute Gasteiger partial charge is 0.208 e. The fraction of sp³-hybridized carbons (Fsp3) is 0.850. The number of rotatable bonds is 0. The molecular weight excluding hydrogens is 336 g/mol. The number of aliphatic hydroxyl groups excluding tert-OH is 3. The van der Waals surface area contributed by atoms with E-state index in [0.717, 1.165) is 6.42 Å². The van der Waals surface area contributed by atoms with Crippen molar-refractivity contribution in [1.82, 2.24) is 0 Å². The Morgan fingerprint density at radius 3 is 2.50 bits per heavy atom. The molecule has 6 aliphatic rings. The summed E-state index contributed by atoms with van der Waals surface area (Å²) in [4.78, 5) is 13.3. The van der Waals surface area contributed by atoms with Crippen molar-refractivity contribution in [3.05, 3.63) is 12.2 Å². The van der Waals surface area contributed by atoms with E-state index in [2.05, 4.69) is 6.58 Å². The monoisotopic (exact) mass is 364 g/mol. The Morgan fingerprint density at radius 1 is 1.12 bits per heavy atom. The number of carbonyl (C=O) groups excluding carboxylic acids is 1. The summed E-state index contributed by atoms with van der Waals surface area (Å²) in [6.07, 6.45) is -0.747. The maximum absolute atomic E-state index is 13.3. The van der Waals surface area contributed by atoms with Crippen LogP contribution in [0.2, 0.25) is 0 Å². The molecule has 4 saturated carbocycles. The topological polar surface area (TPSA) is 107 Å². The average Bonchev–Trinajstić information content (AvgIpc) is 2.69. The lowest BCUT2D eigenvalue weighted by Crippen LogP contribution is -2.85. The molecule has 0 aromatic heterocycles. The first kappa shape index (κ1) is 17.3. The summed E-state index contributed by atoms with van der Waals surface area (Å²) in [6, 6.07) is 0. The highest BCUT2D eigenvalue weighted by atomic mass is 16.6. The standard InChI is InChI=1S/C20H28O6/c1-9-10-4-5-11-18-8-26-20(25,19(11,14(9)22)15(10)23)16(24)13(18)17(2,3)7-6-12(18)21/h10-13,15-16,21,23-25H,1,4-8H2,2-3H3/t10?,11?,12?,13?,15?,16-,18?,19?,20?/m0/s1. The Labute approximate surface area is 152 Å². The predicted octanol–water partition coefficient (Wildman–Crippen LogP) is 0.376. The van der Waals surface area contributed by atoms with E-state index in [1.54, 1.807) is 0 Å². The van der Waals surface area contributed by atoms with Gasteiger partial charge in [0.05, 0.1) is 18.8 Å². The molecule has 6 fully saturated rings. The summed E-state index contributed by atoms with van der Waals surface area (Å²) >= 11 is 0. The SMILES string of the molecule is C=C1C(=O)C23C(O)C1CCC2C12COC3(O)[C@@H](O)C1C(C)(C)CCC2O. The fourth-order valence-corrected chi connectivity index (χ4v) is 7.90. The van der Waals surface area contributed by atoms with Gasteiger partial charge in [0.15, 0.2) is 5.78 Å². The first-order valence-corrected chi connectivity index (χ1v) is 9.71. The van der Waals surface area contributed by atoms with Crippen LogP contribution in [-0.2, 0) is 9.53 Å². The third-order valence-electron chi connectivity index (χ3n) is 8.88. The molecule has 2 heterocycles. The number of carbonyl (C=O) groups is 1. The molecule has 9 atom stereocenters. The van der Waals surface area contributed by atoms with Crippen LogP contribution < -0.4 is 0 Å². The molecule has 144 valence electrons. The maximum atomic E-state index is 13.3. The average molecular weight is 364 g/mol. The van der Waals surface area contributed by atoms with E-state index in [0.29, 0.717) is 24.8 Å². The van der Waals surface area contributed by atoms with E-state index in [1.807, 2.05) is 13.8 Å². The quantitative estimate of drug-likeness (QED) is 0.463. The van der Waals surface area contributed by atoms with Crippen LogP contribution in [0.25, 0.3) is 0 Å². The molecule has 26 heavy (non-hydrogen) atoms. The second-order valence-electron chi connectivity index (χ2n) is 9.97. The van der Waals surface area contributed by atoms with E-state index < -0.39 is 58.5 Å². The third-order valence-corrected chi connectivity index (χ3v) is 8.88. The highest BCUT2D eigenvalue weighted by Crippen LogP contribution is 2.76. The lowest BCUT2D eigenvalue weighted by molar-refractivity contribution is -0.458. The molecule has 2 spiro atoms. The number of ether oxygens (including phenoxy) is 1. The summed E-state index contributed by atoms with van der Waals surface area (Å²) in [5.41, 5.74) is -2.49. The molecule has 6 rings (SSSR count). The molecule has 4 bridgehead atoms. The number of Topliss-reactive ketones (excluding diaryl/α,β-unsaturated/α-hetero) is 1. The Balaban J connectivity index is 1.81. The van der Waals surface area contributed by atoms with Gasteiger partial charge in [-0.2, -0.15) is 0 Å². The Hall–Kier alpha value is -0.790. The number of hydrogen-bond donors (Lipinski definition) is 4. The molecular formula is C20H28O6. The van der Waals surface area contributed by atoms with Crippen LogP contribution in [0.5, 0.6) is 0 Å². The second-order valence-corrected chi connectivity index (χ2v) is 9.97. The van der Waals surface area contributed by atoms with Crippen molar-refractivity contribution in [3.8, 4) is 0 Å². The zero-order valence-corrected chi connectivity index (χ0v) is 15.3. The first-order chi connectivity index (χ1) is 12.1. The van der Waals surface area contributed by atoms with Crippen molar-refractivity contribution < 1.29 is 30.0 Å². The molecule has 0 aromatic carbocycles. The van der Waals surface area contributed by atoms with Gasteiger partial charge in [0, 0.05) is 17.3 Å². The van der Waals surface area contributed by atoms with Gasteiger partial charge in [-0.15, -0.1) is 0 Å². The normalized spacial score (nSPS) is 59.9. The minimum atomic E-state index is -2.15. The Kier molecular flexibility index (Phi) is 3.07. The number of hydrogen-bond acceptors (Lipinski definition) is 6. The van der Waals surface area contributed by atoms with Gasteiger partial charge in [-0.3, -0.25) is 4.79 Å². The molecule has 0 amide bonds. The summed E-state index contributed by atoms with van der Waals surface area (Å²) < 4.78 is 5.80. The molecule has 0 aromatic rings. The predicted molar refractivity (Wildman–Crippen MR) is 90.7 cm³/mol. The van der Waals surface area contributed by atoms with E-state index in [1.165, 1.54) is 0 Å². The highest BCUT2D eigenvalue weighted by molar-refractivity contribution is 6.05. The Morgan fingerprint density at radius 2 is 1.81 bits per heavy atom. The summed E-state index contributed by atoms with van der Waals surface area (Å²) in [5, 5.41) is 45.1. The van der Waals surface area contributed by atoms with Crippen molar-refractivity contribution in [1.29, 1.82) is 0 Å². The summed E-state index contributed by atoms with van der Waals surface area (Å²) in [6.45, 7) is 8.07. The van der Waals surface area contributed by atoms with Crippen LogP contribution in [0.1, 0.15) is 39.5 Å². The second kappa shape index (κ2) is 4.61. The van der Waals surface area contributed by atoms with Gasteiger partial charge in [0.25, 0.3) is 0 Å². The summed E-state index contributed by atoms with van der Waals surface area (Å²) in [5.74, 6) is -3.80. The lowest BCUT2D eigenvalue weighted by atomic mass is 9.35. The molecule has 2 saturated heterocycles. The largest absolute Gasteiger partial charge is 0.392 e. The Bertz CT molecular complexity index is 717. The van der Waals surface area contributed by atoms with Crippen LogP contribution in [0, 0.1) is 34.0 Å². The molecule has 8 unspecified atom stereocenters. The van der Waals surface area contributed by atoms with Gasteiger partial charge < -0.3 is 25.2 Å². The number of ketones is 1. The van der Waals surface area contributed by atoms with Gasteiger partial charge in [0.1, 0.15) is 11.5 Å². The van der Waals surface area contributed by atoms with E-state index >= 15 is 0 Å². The van der Waals surface area contributed by atoms with Crippen molar-refractivity contribution in [2.45, 2.75) is 63.6 Å². The molecule has 2 aliphatic heterocycles. The van der Waals surface area contributed by atoms with Gasteiger partial charge in [0.2, 0.25) is 5.79 Å². The van der Waals surface area contributed by atoms with E-state index in [9.17, 15) is 25.2 Å². The van der Waals surface area contributed by atoms with Crippen LogP contribution in [-0.4, -0.2) is 56.9 Å². The molecule has 6 nitrogen and oxygen atoms in total. The molecule has 0 radical (unpaired) electrons. The third kappa shape index (κ3) is 1.41. The van der Waals surface area contributed by atoms with Gasteiger partial charge in [-0.1, -0.05) is 20.4 Å². The van der Waals surface area contributed by atoms with Crippen LogP contribution in [0.3, 0.4) is 0 Å². The maximum Gasteiger partial charge on any atom is 0.208 e. The van der Waals surface area contributed by atoms with Crippen LogP contribution >= 0.6 is 0 Å². The minimum Gasteiger partial charge on any atom is -0.392 e. The minimum absolute atomic E-state index is 0.0966. The van der Waals surface area contributed by atoms with Crippen molar-refractivity contribution in [2.75, 3.05) is 6.61 Å².